The molecular weight excluding hydrogens is 991 g/mol. The van der Waals surface area contributed by atoms with E-state index < -0.39 is 42.1 Å². The molecule has 4 unspecified atom stereocenters. The number of rotatable bonds is 54. The van der Waals surface area contributed by atoms with Gasteiger partial charge in [0.05, 0.1) is 52.5 Å². The summed E-state index contributed by atoms with van der Waals surface area (Å²) in [5.41, 5.74) is 0. The molecule has 0 radical (unpaired) electrons. The van der Waals surface area contributed by atoms with Crippen molar-refractivity contribution in [2.24, 2.45) is 11.8 Å². The molecule has 0 aromatic heterocycles. The highest BCUT2D eigenvalue weighted by Gasteiger charge is 2.29. The van der Waals surface area contributed by atoms with Crippen LogP contribution in [0.1, 0.15) is 265 Å². The lowest BCUT2D eigenvalue weighted by Crippen LogP contribution is -2.52. The second-order valence-electron chi connectivity index (χ2n) is 20.6. The van der Waals surface area contributed by atoms with Crippen LogP contribution in [0.25, 0.3) is 0 Å². The summed E-state index contributed by atoms with van der Waals surface area (Å²) in [5, 5.41) is 7.56. The maximum atomic E-state index is 13.7. The van der Waals surface area contributed by atoms with Crippen LogP contribution in [-0.4, -0.2) is 101 Å². The first-order valence-electron chi connectivity index (χ1n) is 30.4. The fourth-order valence-electron chi connectivity index (χ4n) is 9.03. The average Bonchev–Trinajstić information content (AvgIpc) is 3.41. The molecule has 0 aromatic rings. The van der Waals surface area contributed by atoms with E-state index in [1.54, 1.807) is 0 Å². The topological polar surface area (TPSA) is 229 Å². The van der Waals surface area contributed by atoms with E-state index in [0.717, 1.165) is 123 Å². The third-order valence-electron chi connectivity index (χ3n) is 13.7. The average molecular weight is 1100 g/mol. The van der Waals surface area contributed by atoms with Gasteiger partial charge in [-0.15, -0.1) is 0 Å². The Hall–Kier alpha value is -4.19. The number of carbonyl (C=O) groups excluding carboxylic acids is 7. The second kappa shape index (κ2) is 53.8. The van der Waals surface area contributed by atoms with Gasteiger partial charge in [-0.05, 0) is 103 Å². The minimum atomic E-state index is -1.25. The van der Waals surface area contributed by atoms with E-state index in [9.17, 15) is 33.6 Å². The summed E-state index contributed by atoms with van der Waals surface area (Å²) in [6.07, 6.45) is 31.0. The lowest BCUT2D eigenvalue weighted by molar-refractivity contribution is -0.213. The maximum absolute atomic E-state index is 13.7. The van der Waals surface area contributed by atoms with Gasteiger partial charge < -0.3 is 34.9 Å². The van der Waals surface area contributed by atoms with Gasteiger partial charge in [-0.2, -0.15) is 9.78 Å². The van der Waals surface area contributed by atoms with Gasteiger partial charge >= 0.3 is 36.1 Å². The Kier molecular flexibility index (Phi) is 50.9. The summed E-state index contributed by atoms with van der Waals surface area (Å²) in [6.45, 7) is 9.91. The Morgan fingerprint density at radius 2 is 0.714 bits per heavy atom. The van der Waals surface area contributed by atoms with Crippen molar-refractivity contribution in [3.8, 4) is 0 Å². The summed E-state index contributed by atoms with van der Waals surface area (Å²) < 4.78 is 22.6. The number of nitrogens with one attached hydrogen (secondary N) is 3. The molecule has 18 heteroatoms. The zero-order valence-electron chi connectivity index (χ0n) is 49.1. The number of esters is 4. The number of carbonyl (C=O) groups is 7. The van der Waals surface area contributed by atoms with Crippen LogP contribution in [0.15, 0.2) is 0 Å². The third-order valence-corrected chi connectivity index (χ3v) is 13.7. The molecule has 0 aliphatic carbocycles. The SMILES string of the molecule is CCCCCCCCC(CCCCCC)C(=O)OCCCCCCOC(=O)CCC(NC(=O)C(CCCCNC(=O)OOC)NC(=O)OOC)C(=O)OCCCCCCOC(=O)C(CCCCCC)CCCCCCCC. The van der Waals surface area contributed by atoms with E-state index in [1.807, 2.05) is 0 Å². The second-order valence-corrected chi connectivity index (χ2v) is 20.6. The van der Waals surface area contributed by atoms with E-state index in [4.69, 9.17) is 18.9 Å². The van der Waals surface area contributed by atoms with Crippen LogP contribution in [-0.2, 0) is 62.5 Å². The Balaban J connectivity index is 5.30. The largest absolute Gasteiger partial charge is 0.466 e. The monoisotopic (exact) mass is 1100 g/mol. The predicted octanol–water partition coefficient (Wildman–Crippen LogP) is 13.3. The molecule has 0 spiro atoms. The van der Waals surface area contributed by atoms with E-state index in [2.05, 4.69) is 63.2 Å². The molecule has 77 heavy (non-hydrogen) atoms. The normalized spacial score (nSPS) is 12.6. The maximum Gasteiger partial charge on any atom is 0.439 e. The van der Waals surface area contributed by atoms with E-state index in [-0.39, 0.29) is 62.8 Å². The quantitative estimate of drug-likeness (QED) is 0.0169. The number of hydrogen-bond acceptors (Lipinski definition) is 15. The number of hydrogen-bond donors (Lipinski definition) is 3. The highest BCUT2D eigenvalue weighted by molar-refractivity contribution is 5.89. The molecule has 450 valence electrons. The lowest BCUT2D eigenvalue weighted by atomic mass is 9.94. The molecule has 0 heterocycles. The lowest BCUT2D eigenvalue weighted by Gasteiger charge is -2.22. The van der Waals surface area contributed by atoms with Crippen LogP contribution in [0.2, 0.25) is 0 Å². The van der Waals surface area contributed by atoms with Gasteiger partial charge in [-0.25, -0.2) is 14.4 Å². The van der Waals surface area contributed by atoms with Crippen molar-refractivity contribution < 1.29 is 72.1 Å². The molecule has 4 atom stereocenters. The molecule has 0 fully saturated rings. The van der Waals surface area contributed by atoms with Crippen molar-refractivity contribution in [1.82, 2.24) is 16.0 Å². The van der Waals surface area contributed by atoms with Gasteiger partial charge in [0.15, 0.2) is 0 Å². The summed E-state index contributed by atoms with van der Waals surface area (Å²) in [4.78, 5) is 108. The van der Waals surface area contributed by atoms with Crippen LogP contribution in [0, 0.1) is 11.8 Å². The first-order chi connectivity index (χ1) is 37.5. The molecule has 0 saturated heterocycles. The van der Waals surface area contributed by atoms with Crippen molar-refractivity contribution >= 4 is 42.0 Å². The molecule has 0 saturated carbocycles. The molecular formula is C59H109N3O15. The zero-order valence-corrected chi connectivity index (χ0v) is 49.1. The van der Waals surface area contributed by atoms with Gasteiger partial charge in [0.1, 0.15) is 12.1 Å². The van der Waals surface area contributed by atoms with Crippen molar-refractivity contribution in [3.63, 3.8) is 0 Å². The molecule has 3 N–H and O–H groups in total. The first kappa shape index (κ1) is 72.8. The van der Waals surface area contributed by atoms with Crippen molar-refractivity contribution in [3.05, 3.63) is 0 Å². The highest BCUT2D eigenvalue weighted by atomic mass is 17.2. The fourth-order valence-corrected chi connectivity index (χ4v) is 9.03. The standard InChI is InChI=1S/C59H109N3O15/c1-7-11-15-19-21-29-39-49(37-27-17-13-9-3)55(65)73-46-34-24-23-33-45-72-53(63)43-42-52(61-54(64)51(62-59(69)77-71-6)41-31-32-44-60-58(68)76-70-5)57(67)75-48-36-26-25-35-47-74-56(66)50(38-28-18-14-10-4)40-30-22-20-16-12-8-2/h49-52H,7-48H2,1-6H3,(H,60,68)(H,61,64)(H,62,69). The van der Waals surface area contributed by atoms with Gasteiger partial charge in [0.2, 0.25) is 5.91 Å². The van der Waals surface area contributed by atoms with Crippen LogP contribution in [0.3, 0.4) is 0 Å². The molecule has 18 nitrogen and oxygen atoms in total. The Labute approximate surface area is 464 Å². The van der Waals surface area contributed by atoms with Crippen molar-refractivity contribution in [1.29, 1.82) is 0 Å². The summed E-state index contributed by atoms with van der Waals surface area (Å²) in [6, 6.07) is -2.43. The van der Waals surface area contributed by atoms with Crippen LogP contribution in [0.4, 0.5) is 9.59 Å². The highest BCUT2D eigenvalue weighted by Crippen LogP contribution is 2.23. The molecule has 3 amide bonds. The third kappa shape index (κ3) is 44.4. The smallest absolute Gasteiger partial charge is 0.439 e. The number of unbranched alkanes of at least 4 members (excludes halogenated alkanes) is 23. The van der Waals surface area contributed by atoms with Crippen LogP contribution in [0.5, 0.6) is 0 Å². The van der Waals surface area contributed by atoms with Gasteiger partial charge in [0, 0.05) is 13.0 Å². The molecule has 0 aliphatic rings. The van der Waals surface area contributed by atoms with Crippen molar-refractivity contribution in [2.75, 3.05) is 47.2 Å². The zero-order chi connectivity index (χ0) is 56.8. The minimum Gasteiger partial charge on any atom is -0.466 e. The minimum absolute atomic E-state index is 0.0394. The molecule has 0 rings (SSSR count). The predicted molar refractivity (Wildman–Crippen MR) is 298 cm³/mol. The number of ether oxygens (including phenoxy) is 4. The Morgan fingerprint density at radius 1 is 0.351 bits per heavy atom. The molecule has 0 aliphatic heterocycles. The van der Waals surface area contributed by atoms with Gasteiger partial charge in [-0.1, -0.05) is 156 Å². The van der Waals surface area contributed by atoms with E-state index in [1.165, 1.54) is 71.3 Å². The van der Waals surface area contributed by atoms with Crippen LogP contribution < -0.4 is 16.0 Å². The van der Waals surface area contributed by atoms with Gasteiger partial charge in [0.25, 0.3) is 0 Å². The van der Waals surface area contributed by atoms with E-state index >= 15 is 0 Å². The Morgan fingerprint density at radius 3 is 1.16 bits per heavy atom. The van der Waals surface area contributed by atoms with Crippen LogP contribution >= 0.6 is 0 Å². The fraction of sp³-hybridized carbons (Fsp3) is 0.881. The summed E-state index contributed by atoms with van der Waals surface area (Å²) in [5.74, 6) is -2.31. The Bertz CT molecular complexity index is 1490. The van der Waals surface area contributed by atoms with Gasteiger partial charge in [-0.3, -0.25) is 29.0 Å². The number of amides is 3. The van der Waals surface area contributed by atoms with Crippen molar-refractivity contribution in [2.45, 2.75) is 277 Å². The summed E-state index contributed by atoms with van der Waals surface area (Å²) in [7, 11) is 2.32. The molecule has 0 aromatic carbocycles. The van der Waals surface area contributed by atoms with E-state index in [0.29, 0.717) is 51.7 Å². The molecule has 0 bridgehead atoms. The summed E-state index contributed by atoms with van der Waals surface area (Å²) >= 11 is 0. The first-order valence-corrected chi connectivity index (χ1v) is 30.4.